The van der Waals surface area contributed by atoms with E-state index in [0.717, 1.165) is 15.7 Å². The van der Waals surface area contributed by atoms with Gasteiger partial charge in [-0.1, -0.05) is 17.7 Å². The number of rotatable bonds is 3. The molecule has 2 aromatic rings. The summed E-state index contributed by atoms with van der Waals surface area (Å²) >= 11 is 0. The average Bonchev–Trinajstić information content (AvgIpc) is 2.38. The number of nitrogens with one attached hydrogen (secondary N) is 1. The van der Waals surface area contributed by atoms with Gasteiger partial charge in [0.05, 0.1) is 5.39 Å². The molecule has 20 heavy (non-hydrogen) atoms. The van der Waals surface area contributed by atoms with Crippen LogP contribution < -0.4 is 15.7 Å². The Bertz CT molecular complexity index is 717. The first-order valence-electron chi connectivity index (χ1n) is 6.46. The van der Waals surface area contributed by atoms with Crippen LogP contribution in [0.2, 0.25) is 0 Å². The summed E-state index contributed by atoms with van der Waals surface area (Å²) in [5.41, 5.74) is 0.849. The normalized spacial score (nSPS) is 10.8. The largest absolute Gasteiger partial charge is 0.413 e. The molecule has 1 aromatic heterocycles. The SMILES string of the molecule is COn1c(C(=O)NC(C)C)cc2ccc(C)cc2c1=O. The first kappa shape index (κ1) is 14.1. The van der Waals surface area contributed by atoms with E-state index in [4.69, 9.17) is 4.84 Å². The molecule has 5 nitrogen and oxygen atoms in total. The van der Waals surface area contributed by atoms with E-state index in [0.29, 0.717) is 5.39 Å². The highest BCUT2D eigenvalue weighted by Crippen LogP contribution is 2.14. The van der Waals surface area contributed by atoms with Crippen molar-refractivity contribution in [1.29, 1.82) is 0 Å². The van der Waals surface area contributed by atoms with E-state index in [1.54, 1.807) is 12.1 Å². The van der Waals surface area contributed by atoms with E-state index in [9.17, 15) is 9.59 Å². The maximum absolute atomic E-state index is 12.4. The summed E-state index contributed by atoms with van der Waals surface area (Å²) in [7, 11) is 1.37. The molecular formula is C15H18N2O3. The minimum atomic E-state index is -0.332. The second kappa shape index (κ2) is 5.36. The number of aromatic nitrogens is 1. The van der Waals surface area contributed by atoms with Crippen LogP contribution in [0.1, 0.15) is 29.9 Å². The average molecular weight is 274 g/mol. The van der Waals surface area contributed by atoms with Gasteiger partial charge in [0.15, 0.2) is 0 Å². The van der Waals surface area contributed by atoms with Crippen molar-refractivity contribution in [3.63, 3.8) is 0 Å². The number of pyridine rings is 1. The third-order valence-corrected chi connectivity index (χ3v) is 2.97. The standard InChI is InChI=1S/C15H18N2O3/c1-9(2)16-14(18)13-8-11-6-5-10(3)7-12(11)15(19)17(13)20-4/h5-9H,1-4H3,(H,16,18). The first-order chi connectivity index (χ1) is 9.43. The highest BCUT2D eigenvalue weighted by Gasteiger charge is 2.16. The lowest BCUT2D eigenvalue weighted by molar-refractivity contribution is 0.0874. The van der Waals surface area contributed by atoms with E-state index >= 15 is 0 Å². The van der Waals surface area contributed by atoms with E-state index in [1.807, 2.05) is 32.9 Å². The number of hydrogen-bond acceptors (Lipinski definition) is 3. The van der Waals surface area contributed by atoms with Gasteiger partial charge in [-0.2, -0.15) is 0 Å². The molecule has 0 aliphatic heterocycles. The zero-order chi connectivity index (χ0) is 14.9. The molecule has 1 N–H and O–H groups in total. The topological polar surface area (TPSA) is 60.3 Å². The van der Waals surface area contributed by atoms with E-state index in [-0.39, 0.29) is 23.2 Å². The molecule has 106 valence electrons. The summed E-state index contributed by atoms with van der Waals surface area (Å²) < 4.78 is 1.03. The molecular weight excluding hydrogens is 256 g/mol. The van der Waals surface area contributed by atoms with Crippen LogP contribution in [0.5, 0.6) is 0 Å². The van der Waals surface area contributed by atoms with Crippen molar-refractivity contribution in [2.45, 2.75) is 26.8 Å². The number of carbonyl (C=O) groups is 1. The Morgan fingerprint density at radius 3 is 2.60 bits per heavy atom. The molecule has 1 aromatic carbocycles. The lowest BCUT2D eigenvalue weighted by atomic mass is 10.1. The zero-order valence-corrected chi connectivity index (χ0v) is 12.1. The van der Waals surface area contributed by atoms with E-state index < -0.39 is 0 Å². The minimum absolute atomic E-state index is 0.0170. The van der Waals surface area contributed by atoms with Gasteiger partial charge in [0.25, 0.3) is 11.5 Å². The Balaban J connectivity index is 2.69. The fraction of sp³-hybridized carbons (Fsp3) is 0.333. The maximum atomic E-state index is 12.4. The number of benzene rings is 1. The Labute approximate surface area is 117 Å². The van der Waals surface area contributed by atoms with Gasteiger partial charge in [-0.25, -0.2) is 0 Å². The molecule has 2 rings (SSSR count). The first-order valence-corrected chi connectivity index (χ1v) is 6.46. The molecule has 0 aliphatic carbocycles. The second-order valence-electron chi connectivity index (χ2n) is 5.03. The lowest BCUT2D eigenvalue weighted by Crippen LogP contribution is -2.37. The van der Waals surface area contributed by atoms with Crippen molar-refractivity contribution in [3.8, 4) is 0 Å². The van der Waals surface area contributed by atoms with Crippen molar-refractivity contribution in [1.82, 2.24) is 10.0 Å². The lowest BCUT2D eigenvalue weighted by Gasteiger charge is -2.14. The van der Waals surface area contributed by atoms with Crippen LogP contribution >= 0.6 is 0 Å². The summed E-state index contributed by atoms with van der Waals surface area (Å²) in [6.45, 7) is 5.63. The summed E-state index contributed by atoms with van der Waals surface area (Å²) in [6.07, 6.45) is 0. The molecule has 0 saturated carbocycles. The Morgan fingerprint density at radius 2 is 2.00 bits per heavy atom. The van der Waals surface area contributed by atoms with Gasteiger partial charge in [-0.15, -0.1) is 4.73 Å². The smallest absolute Gasteiger partial charge is 0.291 e. The van der Waals surface area contributed by atoms with E-state index in [2.05, 4.69) is 5.32 Å². The molecule has 0 unspecified atom stereocenters. The number of fused-ring (bicyclic) bond motifs is 1. The van der Waals surface area contributed by atoms with Gasteiger partial charge in [-0.3, -0.25) is 9.59 Å². The molecule has 1 heterocycles. The predicted octanol–water partition coefficient (Wildman–Crippen LogP) is 1.51. The third kappa shape index (κ3) is 2.52. The molecule has 0 bridgehead atoms. The highest BCUT2D eigenvalue weighted by molar-refractivity contribution is 5.96. The summed E-state index contributed by atoms with van der Waals surface area (Å²) in [4.78, 5) is 29.6. The van der Waals surface area contributed by atoms with Crippen molar-refractivity contribution in [2.24, 2.45) is 0 Å². The Hall–Kier alpha value is -2.30. The number of hydrogen-bond donors (Lipinski definition) is 1. The van der Waals surface area contributed by atoms with Gasteiger partial charge >= 0.3 is 0 Å². The van der Waals surface area contributed by atoms with Gasteiger partial charge in [0.1, 0.15) is 12.8 Å². The minimum Gasteiger partial charge on any atom is -0.413 e. The molecule has 0 fully saturated rings. The van der Waals surface area contributed by atoms with Crippen LogP contribution in [0.4, 0.5) is 0 Å². The van der Waals surface area contributed by atoms with E-state index in [1.165, 1.54) is 7.11 Å². The number of aryl methyl sites for hydroxylation is 1. The monoisotopic (exact) mass is 274 g/mol. The van der Waals surface area contributed by atoms with Crippen LogP contribution in [-0.4, -0.2) is 23.8 Å². The van der Waals surface area contributed by atoms with Gasteiger partial charge in [0.2, 0.25) is 0 Å². The molecule has 1 amide bonds. The highest BCUT2D eigenvalue weighted by atomic mass is 16.6. The van der Waals surface area contributed by atoms with Crippen molar-refractivity contribution >= 4 is 16.7 Å². The predicted molar refractivity (Wildman–Crippen MR) is 78.1 cm³/mol. The summed E-state index contributed by atoms with van der Waals surface area (Å²) in [5, 5.41) is 4.02. The fourth-order valence-corrected chi connectivity index (χ4v) is 2.08. The fourth-order valence-electron chi connectivity index (χ4n) is 2.08. The molecule has 0 radical (unpaired) electrons. The van der Waals surface area contributed by atoms with Gasteiger partial charge in [0, 0.05) is 6.04 Å². The number of nitrogens with zero attached hydrogens (tertiary/aromatic N) is 1. The zero-order valence-electron chi connectivity index (χ0n) is 12.1. The Morgan fingerprint density at radius 1 is 1.30 bits per heavy atom. The van der Waals surface area contributed by atoms with Crippen molar-refractivity contribution in [2.75, 3.05) is 7.11 Å². The molecule has 5 heteroatoms. The molecule has 0 aliphatic rings. The second-order valence-corrected chi connectivity index (χ2v) is 5.03. The summed E-state index contributed by atoms with van der Waals surface area (Å²) in [5.74, 6) is -0.332. The summed E-state index contributed by atoms with van der Waals surface area (Å²) in [6, 6.07) is 7.17. The van der Waals surface area contributed by atoms with Gasteiger partial charge < -0.3 is 10.2 Å². The molecule has 0 saturated heterocycles. The molecule has 0 atom stereocenters. The third-order valence-electron chi connectivity index (χ3n) is 2.97. The van der Waals surface area contributed by atoms with Crippen LogP contribution in [0.15, 0.2) is 29.1 Å². The number of amides is 1. The number of carbonyl (C=O) groups excluding carboxylic acids is 1. The van der Waals surface area contributed by atoms with Crippen LogP contribution in [0.3, 0.4) is 0 Å². The van der Waals surface area contributed by atoms with Crippen LogP contribution in [0.25, 0.3) is 10.8 Å². The quantitative estimate of drug-likeness (QED) is 0.923. The van der Waals surface area contributed by atoms with Crippen LogP contribution in [0, 0.1) is 6.92 Å². The van der Waals surface area contributed by atoms with Crippen molar-refractivity contribution in [3.05, 3.63) is 45.9 Å². The maximum Gasteiger partial charge on any atom is 0.291 e. The van der Waals surface area contributed by atoms with Gasteiger partial charge in [-0.05, 0) is 38.3 Å². The van der Waals surface area contributed by atoms with Crippen LogP contribution in [-0.2, 0) is 0 Å². The molecule has 0 spiro atoms. The van der Waals surface area contributed by atoms with Crippen molar-refractivity contribution < 1.29 is 9.63 Å². The Kier molecular flexibility index (Phi) is 3.79.